The van der Waals surface area contributed by atoms with Gasteiger partial charge in [0.15, 0.2) is 0 Å². The van der Waals surface area contributed by atoms with Gasteiger partial charge in [-0.3, -0.25) is 0 Å². The van der Waals surface area contributed by atoms with Gasteiger partial charge >= 0.3 is 0 Å². The van der Waals surface area contributed by atoms with E-state index in [0.29, 0.717) is 5.15 Å². The number of hydrogen-bond acceptors (Lipinski definition) is 3. The van der Waals surface area contributed by atoms with Gasteiger partial charge in [0, 0.05) is 11.3 Å². The highest BCUT2D eigenvalue weighted by Crippen LogP contribution is 2.30. The Morgan fingerprint density at radius 1 is 1.35 bits per heavy atom. The maximum Gasteiger partial charge on any atom is 0.144 e. The number of halogens is 1. The second-order valence-electron chi connectivity index (χ2n) is 5.11. The van der Waals surface area contributed by atoms with Crippen molar-refractivity contribution in [1.29, 1.82) is 0 Å². The lowest BCUT2D eigenvalue weighted by atomic mass is 9.86. The predicted octanol–water partition coefficient (Wildman–Crippen LogP) is 2.71. The van der Waals surface area contributed by atoms with Gasteiger partial charge in [-0.1, -0.05) is 24.9 Å². The largest absolute Gasteiger partial charge is 0.302 e. The Labute approximate surface area is 108 Å². The average molecular weight is 254 g/mol. The third-order valence-electron chi connectivity index (χ3n) is 3.41. The van der Waals surface area contributed by atoms with Crippen LogP contribution in [0.15, 0.2) is 0 Å². The van der Waals surface area contributed by atoms with Crippen molar-refractivity contribution in [3.63, 3.8) is 0 Å². The normalized spacial score (nSPS) is 19.5. The van der Waals surface area contributed by atoms with Crippen molar-refractivity contribution >= 4 is 11.6 Å². The van der Waals surface area contributed by atoms with Crippen molar-refractivity contribution in [2.24, 2.45) is 5.92 Å². The molecule has 1 aromatic rings. The topological polar surface area (TPSA) is 29.0 Å². The monoisotopic (exact) mass is 253 g/mol. The van der Waals surface area contributed by atoms with Gasteiger partial charge in [0.1, 0.15) is 11.0 Å². The number of aromatic nitrogens is 2. The smallest absolute Gasteiger partial charge is 0.144 e. The van der Waals surface area contributed by atoms with Crippen molar-refractivity contribution < 1.29 is 0 Å². The Kier molecular flexibility index (Phi) is 4.00. The van der Waals surface area contributed by atoms with Crippen LogP contribution in [0.2, 0.25) is 5.15 Å². The molecule has 4 heteroatoms. The molecule has 0 aliphatic heterocycles. The first kappa shape index (κ1) is 12.8. The van der Waals surface area contributed by atoms with Crippen LogP contribution in [0.1, 0.15) is 36.8 Å². The first-order chi connectivity index (χ1) is 8.10. The summed E-state index contributed by atoms with van der Waals surface area (Å²) in [5.41, 5.74) is 2.36. The van der Waals surface area contributed by atoms with E-state index in [-0.39, 0.29) is 0 Å². The molecule has 1 aliphatic rings. The molecule has 1 aliphatic carbocycles. The molecule has 0 amide bonds. The van der Waals surface area contributed by atoms with Gasteiger partial charge in [-0.15, -0.1) is 0 Å². The van der Waals surface area contributed by atoms with Crippen molar-refractivity contribution in [3.8, 4) is 0 Å². The zero-order valence-electron chi connectivity index (χ0n) is 10.8. The van der Waals surface area contributed by atoms with Gasteiger partial charge in [0.05, 0.1) is 6.54 Å². The first-order valence-electron chi connectivity index (χ1n) is 6.29. The average Bonchev–Trinajstić information content (AvgIpc) is 2.27. The van der Waals surface area contributed by atoms with E-state index in [1.165, 1.54) is 24.1 Å². The van der Waals surface area contributed by atoms with E-state index in [4.69, 9.17) is 11.6 Å². The van der Waals surface area contributed by atoms with E-state index in [9.17, 15) is 0 Å². The molecule has 0 radical (unpaired) electrons. The van der Waals surface area contributed by atoms with Gasteiger partial charge in [-0.05, 0) is 39.3 Å². The van der Waals surface area contributed by atoms with Crippen molar-refractivity contribution in [1.82, 2.24) is 14.9 Å². The van der Waals surface area contributed by atoms with Gasteiger partial charge in [0.2, 0.25) is 0 Å². The fourth-order valence-corrected chi connectivity index (χ4v) is 2.69. The maximum absolute atomic E-state index is 6.25. The van der Waals surface area contributed by atoms with Crippen LogP contribution >= 0.6 is 11.6 Å². The molecule has 0 saturated carbocycles. The molecule has 0 fully saturated rings. The molecule has 94 valence electrons. The summed E-state index contributed by atoms with van der Waals surface area (Å²) in [7, 11) is 4.04. The van der Waals surface area contributed by atoms with E-state index in [2.05, 4.69) is 21.8 Å². The molecule has 0 bridgehead atoms. The molecule has 0 aromatic carbocycles. The minimum Gasteiger partial charge on any atom is -0.302 e. The third kappa shape index (κ3) is 2.96. The van der Waals surface area contributed by atoms with E-state index in [1.807, 2.05) is 14.1 Å². The van der Waals surface area contributed by atoms with Crippen LogP contribution in [0.25, 0.3) is 0 Å². The molecule has 2 rings (SSSR count). The fourth-order valence-electron chi connectivity index (χ4n) is 2.39. The summed E-state index contributed by atoms with van der Waals surface area (Å²) in [6, 6.07) is 0. The Morgan fingerprint density at radius 3 is 2.76 bits per heavy atom. The zero-order valence-corrected chi connectivity index (χ0v) is 11.6. The Morgan fingerprint density at radius 2 is 2.12 bits per heavy atom. The summed E-state index contributed by atoms with van der Waals surface area (Å²) in [5, 5.41) is 0.668. The lowest BCUT2D eigenvalue weighted by Crippen LogP contribution is -2.20. The van der Waals surface area contributed by atoms with Crippen LogP contribution in [0.4, 0.5) is 0 Å². The van der Waals surface area contributed by atoms with Crippen LogP contribution in [-0.2, 0) is 19.4 Å². The molecule has 0 N–H and O–H groups in total. The summed E-state index contributed by atoms with van der Waals surface area (Å²) >= 11 is 6.25. The predicted molar refractivity (Wildman–Crippen MR) is 70.2 cm³/mol. The lowest BCUT2D eigenvalue weighted by Gasteiger charge is -2.23. The SMILES string of the molecule is CCC1CCc2c(Cl)nc(CN(C)C)nc2C1. The van der Waals surface area contributed by atoms with Crippen molar-refractivity contribution in [2.75, 3.05) is 14.1 Å². The highest BCUT2D eigenvalue weighted by Gasteiger charge is 2.22. The van der Waals surface area contributed by atoms with Crippen LogP contribution in [0, 0.1) is 5.92 Å². The van der Waals surface area contributed by atoms with E-state index in [0.717, 1.165) is 31.1 Å². The van der Waals surface area contributed by atoms with E-state index in [1.54, 1.807) is 0 Å². The van der Waals surface area contributed by atoms with Crippen molar-refractivity contribution in [3.05, 3.63) is 22.2 Å². The number of hydrogen-bond donors (Lipinski definition) is 0. The summed E-state index contributed by atoms with van der Waals surface area (Å²) in [6.45, 7) is 3.00. The quantitative estimate of drug-likeness (QED) is 0.776. The van der Waals surface area contributed by atoms with Crippen LogP contribution in [0.5, 0.6) is 0 Å². The van der Waals surface area contributed by atoms with Crippen molar-refractivity contribution in [2.45, 2.75) is 39.2 Å². The highest BCUT2D eigenvalue weighted by molar-refractivity contribution is 6.30. The zero-order chi connectivity index (χ0) is 12.4. The maximum atomic E-state index is 6.25. The van der Waals surface area contributed by atoms with Crippen LogP contribution in [0.3, 0.4) is 0 Å². The minimum absolute atomic E-state index is 0.668. The second kappa shape index (κ2) is 5.32. The molecular formula is C13H20ClN3. The molecule has 1 unspecified atom stereocenters. The Bertz CT molecular complexity index is 404. The van der Waals surface area contributed by atoms with Crippen LogP contribution in [-0.4, -0.2) is 29.0 Å². The Hall–Kier alpha value is -0.670. The Balaban J connectivity index is 2.28. The first-order valence-corrected chi connectivity index (χ1v) is 6.66. The molecule has 1 heterocycles. The van der Waals surface area contributed by atoms with E-state index < -0.39 is 0 Å². The number of rotatable bonds is 3. The number of fused-ring (bicyclic) bond motifs is 1. The molecule has 1 aromatic heterocycles. The summed E-state index contributed by atoms with van der Waals surface area (Å²) in [4.78, 5) is 11.1. The molecule has 0 spiro atoms. The van der Waals surface area contributed by atoms with Gasteiger partial charge in [0.25, 0.3) is 0 Å². The molecule has 1 atom stereocenters. The van der Waals surface area contributed by atoms with E-state index >= 15 is 0 Å². The second-order valence-corrected chi connectivity index (χ2v) is 5.47. The molecule has 0 saturated heterocycles. The molecule has 17 heavy (non-hydrogen) atoms. The fraction of sp³-hybridized carbons (Fsp3) is 0.692. The molecular weight excluding hydrogens is 234 g/mol. The lowest BCUT2D eigenvalue weighted by molar-refractivity contribution is 0.385. The van der Waals surface area contributed by atoms with Crippen LogP contribution < -0.4 is 0 Å². The van der Waals surface area contributed by atoms with Gasteiger partial charge in [-0.25, -0.2) is 9.97 Å². The summed E-state index contributed by atoms with van der Waals surface area (Å²) in [5.74, 6) is 1.61. The molecule has 3 nitrogen and oxygen atoms in total. The number of nitrogens with zero attached hydrogens (tertiary/aromatic N) is 3. The van der Waals surface area contributed by atoms with Gasteiger partial charge in [-0.2, -0.15) is 0 Å². The highest BCUT2D eigenvalue weighted by atomic mass is 35.5. The van der Waals surface area contributed by atoms with Gasteiger partial charge < -0.3 is 4.90 Å². The third-order valence-corrected chi connectivity index (χ3v) is 3.72. The standard InChI is InChI=1S/C13H20ClN3/c1-4-9-5-6-10-11(7-9)15-12(8-17(2)3)16-13(10)14/h9H,4-8H2,1-3H3. The summed E-state index contributed by atoms with van der Waals surface area (Å²) in [6.07, 6.45) is 4.55. The summed E-state index contributed by atoms with van der Waals surface area (Å²) < 4.78 is 0. The minimum atomic E-state index is 0.668.